The lowest BCUT2D eigenvalue weighted by molar-refractivity contribution is -0.0494. The number of nitrogen functional groups attached to an aromatic ring is 1. The molecule has 2 N–H and O–H groups in total. The average Bonchev–Trinajstić information content (AvgIpc) is 2.46. The second kappa shape index (κ2) is 11.0. The summed E-state index contributed by atoms with van der Waals surface area (Å²) < 4.78 is 32.8. The maximum Gasteiger partial charge on any atom is 0.387 e. The van der Waals surface area contributed by atoms with Crippen LogP contribution in [0.1, 0.15) is 43.6 Å². The lowest BCUT2D eigenvalue weighted by Gasteiger charge is -2.11. The van der Waals surface area contributed by atoms with Crippen LogP contribution >= 0.6 is 0 Å². The molecule has 116 valence electrons. The van der Waals surface area contributed by atoms with E-state index in [-0.39, 0.29) is 17.0 Å². The highest BCUT2D eigenvalue weighted by Crippen LogP contribution is 2.28. The Hall–Kier alpha value is -1.85. The van der Waals surface area contributed by atoms with Gasteiger partial charge in [-0.25, -0.2) is 4.79 Å². The molecule has 0 spiro atoms. The number of anilines is 1. The molecular formula is C14H23F2NO3. The molecule has 0 heterocycles. The van der Waals surface area contributed by atoms with E-state index in [2.05, 4.69) is 9.47 Å². The Kier molecular flexibility index (Phi) is 11.3. The number of carbonyl (C=O) groups excluding carboxylic acids is 1. The maximum absolute atomic E-state index is 12.1. The molecule has 0 amide bonds. The Morgan fingerprint density at radius 1 is 1.20 bits per heavy atom. The third-order valence-electron chi connectivity index (χ3n) is 1.99. The van der Waals surface area contributed by atoms with Gasteiger partial charge in [0.2, 0.25) is 0 Å². The number of alkyl halides is 2. The second-order valence-corrected chi connectivity index (χ2v) is 3.08. The Morgan fingerprint density at radius 2 is 1.70 bits per heavy atom. The van der Waals surface area contributed by atoms with Crippen molar-refractivity contribution in [3.63, 3.8) is 0 Å². The zero-order valence-electron chi connectivity index (χ0n) is 12.8. The van der Waals surface area contributed by atoms with Gasteiger partial charge in [-0.05, 0) is 24.6 Å². The van der Waals surface area contributed by atoms with Crippen LogP contribution in [-0.4, -0.2) is 19.7 Å². The van der Waals surface area contributed by atoms with Crippen LogP contribution < -0.4 is 10.5 Å². The smallest absolute Gasteiger partial charge is 0.387 e. The number of methoxy groups -OCH3 is 1. The molecule has 0 aromatic heterocycles. The van der Waals surface area contributed by atoms with Crippen molar-refractivity contribution in [3.8, 4) is 5.75 Å². The number of hydrogen-bond acceptors (Lipinski definition) is 4. The lowest BCUT2D eigenvalue weighted by Crippen LogP contribution is -2.08. The quantitative estimate of drug-likeness (QED) is 0.675. The number of carbonyl (C=O) groups is 1. The first-order valence-electron chi connectivity index (χ1n) is 6.39. The number of hydrogen-bond donors (Lipinski definition) is 1. The standard InChI is InChI=1S/C10H11F2NO3.2C2H6/c1-5-3-6(9(14)15-2)4-7(8(5)13)16-10(11)12;2*1-2/h3-4,10H,13H2,1-2H3;2*1-2H3. The molecule has 4 nitrogen and oxygen atoms in total. The van der Waals surface area contributed by atoms with Gasteiger partial charge < -0.3 is 15.2 Å². The van der Waals surface area contributed by atoms with Crippen LogP contribution in [0.25, 0.3) is 0 Å². The van der Waals surface area contributed by atoms with Gasteiger partial charge in [0.05, 0.1) is 18.4 Å². The van der Waals surface area contributed by atoms with Crippen molar-refractivity contribution in [1.82, 2.24) is 0 Å². The third kappa shape index (κ3) is 6.36. The first-order valence-corrected chi connectivity index (χ1v) is 6.39. The zero-order valence-corrected chi connectivity index (χ0v) is 12.8. The van der Waals surface area contributed by atoms with E-state index in [1.54, 1.807) is 6.92 Å². The predicted octanol–water partition coefficient (Wildman–Crippen LogP) is 4.02. The van der Waals surface area contributed by atoms with Gasteiger partial charge in [0.15, 0.2) is 0 Å². The highest BCUT2D eigenvalue weighted by atomic mass is 19.3. The van der Waals surface area contributed by atoms with Crippen molar-refractivity contribution in [1.29, 1.82) is 0 Å². The number of benzene rings is 1. The fourth-order valence-electron chi connectivity index (χ4n) is 1.20. The summed E-state index contributed by atoms with van der Waals surface area (Å²) in [5.74, 6) is -0.863. The molecule has 0 aliphatic rings. The summed E-state index contributed by atoms with van der Waals surface area (Å²) >= 11 is 0. The van der Waals surface area contributed by atoms with Gasteiger partial charge in [-0.15, -0.1) is 0 Å². The Bertz CT molecular complexity index is 410. The van der Waals surface area contributed by atoms with Gasteiger partial charge in [-0.1, -0.05) is 27.7 Å². The summed E-state index contributed by atoms with van der Waals surface area (Å²) in [7, 11) is 1.20. The van der Waals surface area contributed by atoms with Crippen LogP contribution in [0.15, 0.2) is 12.1 Å². The topological polar surface area (TPSA) is 61.5 Å². The first kappa shape index (κ1) is 20.5. The van der Waals surface area contributed by atoms with Crippen LogP contribution in [-0.2, 0) is 4.74 Å². The Morgan fingerprint density at radius 3 is 2.10 bits per heavy atom. The molecule has 0 atom stereocenters. The van der Waals surface area contributed by atoms with Crippen LogP contribution in [0.3, 0.4) is 0 Å². The molecule has 0 unspecified atom stereocenters. The summed E-state index contributed by atoms with van der Waals surface area (Å²) in [5, 5.41) is 0. The summed E-state index contributed by atoms with van der Waals surface area (Å²) in [6.07, 6.45) is 0. The minimum atomic E-state index is -2.99. The van der Waals surface area contributed by atoms with E-state index < -0.39 is 12.6 Å². The van der Waals surface area contributed by atoms with Gasteiger partial charge in [-0.2, -0.15) is 8.78 Å². The Balaban J connectivity index is 0. The molecule has 1 rings (SSSR count). The van der Waals surface area contributed by atoms with Crippen molar-refractivity contribution in [2.45, 2.75) is 41.2 Å². The summed E-state index contributed by atoms with van der Waals surface area (Å²) in [6, 6.07) is 2.57. The average molecular weight is 291 g/mol. The van der Waals surface area contributed by atoms with Gasteiger partial charge in [-0.3, -0.25) is 0 Å². The van der Waals surface area contributed by atoms with Crippen LogP contribution in [0, 0.1) is 6.92 Å². The van der Waals surface area contributed by atoms with Gasteiger partial charge >= 0.3 is 12.6 Å². The predicted molar refractivity (Wildman–Crippen MR) is 76.3 cm³/mol. The number of ether oxygens (including phenoxy) is 2. The van der Waals surface area contributed by atoms with Crippen LogP contribution in [0.2, 0.25) is 0 Å². The van der Waals surface area contributed by atoms with Gasteiger partial charge in [0, 0.05) is 0 Å². The number of esters is 1. The molecule has 20 heavy (non-hydrogen) atoms. The molecule has 0 aliphatic heterocycles. The molecule has 0 bridgehead atoms. The fraction of sp³-hybridized carbons (Fsp3) is 0.500. The maximum atomic E-state index is 12.1. The van der Waals surface area contributed by atoms with E-state index in [1.165, 1.54) is 13.2 Å². The Labute approximate surface area is 118 Å². The van der Waals surface area contributed by atoms with Crippen molar-refractivity contribution < 1.29 is 23.0 Å². The minimum Gasteiger partial charge on any atom is -0.465 e. The van der Waals surface area contributed by atoms with E-state index in [0.29, 0.717) is 5.56 Å². The van der Waals surface area contributed by atoms with Crippen molar-refractivity contribution in [2.24, 2.45) is 0 Å². The van der Waals surface area contributed by atoms with Crippen molar-refractivity contribution >= 4 is 11.7 Å². The van der Waals surface area contributed by atoms with E-state index in [9.17, 15) is 13.6 Å². The molecule has 0 radical (unpaired) electrons. The molecule has 0 saturated heterocycles. The lowest BCUT2D eigenvalue weighted by atomic mass is 10.1. The summed E-state index contributed by atoms with van der Waals surface area (Å²) in [5.41, 5.74) is 6.19. The fourth-order valence-corrected chi connectivity index (χ4v) is 1.20. The molecule has 0 fully saturated rings. The van der Waals surface area contributed by atoms with Crippen molar-refractivity contribution in [3.05, 3.63) is 23.3 Å². The van der Waals surface area contributed by atoms with Crippen molar-refractivity contribution in [2.75, 3.05) is 12.8 Å². The minimum absolute atomic E-state index is 0.0768. The number of halogens is 2. The summed E-state index contributed by atoms with van der Waals surface area (Å²) in [4.78, 5) is 11.2. The SMILES string of the molecule is CC.CC.COC(=O)c1cc(C)c(N)c(OC(F)F)c1. The van der Waals surface area contributed by atoms with Gasteiger partial charge in [0.25, 0.3) is 0 Å². The van der Waals surface area contributed by atoms with E-state index in [1.807, 2.05) is 27.7 Å². The molecular weight excluding hydrogens is 268 g/mol. The highest BCUT2D eigenvalue weighted by molar-refractivity contribution is 5.91. The van der Waals surface area contributed by atoms with E-state index in [4.69, 9.17) is 5.73 Å². The monoisotopic (exact) mass is 291 g/mol. The molecule has 0 saturated carbocycles. The van der Waals surface area contributed by atoms with Crippen LogP contribution in [0.4, 0.5) is 14.5 Å². The largest absolute Gasteiger partial charge is 0.465 e. The molecule has 1 aromatic carbocycles. The highest BCUT2D eigenvalue weighted by Gasteiger charge is 2.15. The normalized spacial score (nSPS) is 8.85. The zero-order chi connectivity index (χ0) is 16.3. The number of nitrogens with two attached hydrogens (primary N) is 1. The second-order valence-electron chi connectivity index (χ2n) is 3.08. The van der Waals surface area contributed by atoms with E-state index in [0.717, 1.165) is 6.07 Å². The first-order chi connectivity index (χ1) is 9.45. The van der Waals surface area contributed by atoms with Gasteiger partial charge in [0.1, 0.15) is 5.75 Å². The summed E-state index contributed by atoms with van der Waals surface area (Å²) in [6.45, 7) is 6.59. The number of rotatable bonds is 3. The number of aryl methyl sites for hydroxylation is 1. The van der Waals surface area contributed by atoms with E-state index >= 15 is 0 Å². The molecule has 6 heteroatoms. The van der Waals surface area contributed by atoms with Crippen LogP contribution in [0.5, 0.6) is 5.75 Å². The third-order valence-corrected chi connectivity index (χ3v) is 1.99. The molecule has 0 aliphatic carbocycles. The molecule has 1 aromatic rings.